The molecule has 1 fully saturated rings. The van der Waals surface area contributed by atoms with Gasteiger partial charge in [-0.3, -0.25) is 4.90 Å². The van der Waals surface area contributed by atoms with Gasteiger partial charge in [-0.25, -0.2) is 4.79 Å². The number of rotatable bonds is 4. The third-order valence-electron chi connectivity index (χ3n) is 5.72. The van der Waals surface area contributed by atoms with E-state index in [9.17, 15) is 4.79 Å². The number of amides is 2. The van der Waals surface area contributed by atoms with Crippen LogP contribution in [0.5, 0.6) is 0 Å². The van der Waals surface area contributed by atoms with E-state index in [2.05, 4.69) is 64.5 Å². The first-order chi connectivity index (χ1) is 12.8. The van der Waals surface area contributed by atoms with Crippen LogP contribution in [0.15, 0.2) is 54.6 Å². The smallest absolute Gasteiger partial charge is 0.314 e. The zero-order chi connectivity index (χ0) is 17.9. The summed E-state index contributed by atoms with van der Waals surface area (Å²) in [4.78, 5) is 17.4. The molecule has 1 saturated heterocycles. The Morgan fingerprint density at radius 2 is 1.69 bits per heavy atom. The Hall–Kier alpha value is -2.33. The molecule has 2 aromatic rings. The molecule has 2 amide bonds. The largest absolute Gasteiger partial charge is 0.322 e. The number of benzene rings is 2. The van der Waals surface area contributed by atoms with Crippen LogP contribution in [0.25, 0.3) is 0 Å². The van der Waals surface area contributed by atoms with Crippen LogP contribution < -0.4 is 5.32 Å². The molecule has 1 N–H and O–H groups in total. The molecule has 0 spiro atoms. The Bertz CT molecular complexity index is 753. The van der Waals surface area contributed by atoms with Crippen LogP contribution in [-0.4, -0.2) is 35.0 Å². The van der Waals surface area contributed by atoms with Gasteiger partial charge in [0, 0.05) is 31.4 Å². The molecule has 136 valence electrons. The molecule has 0 saturated carbocycles. The van der Waals surface area contributed by atoms with Crippen LogP contribution in [0.1, 0.15) is 43.4 Å². The van der Waals surface area contributed by atoms with E-state index < -0.39 is 0 Å². The second kappa shape index (κ2) is 7.50. The van der Waals surface area contributed by atoms with Gasteiger partial charge in [0.05, 0.1) is 6.04 Å². The first-order valence-corrected chi connectivity index (χ1v) is 9.70. The third kappa shape index (κ3) is 3.34. The number of fused-ring (bicyclic) bond motifs is 1. The Kier molecular flexibility index (Phi) is 4.93. The maximum Gasteiger partial charge on any atom is 0.322 e. The molecule has 4 heteroatoms. The topological polar surface area (TPSA) is 35.6 Å². The van der Waals surface area contributed by atoms with E-state index in [4.69, 9.17) is 0 Å². The SMILES string of the molecule is CCC1c2ccccc2NC(=O)N1C1CCN(Cc2ccccc2)CC1. The number of nitrogens with zero attached hydrogens (tertiary/aromatic N) is 2. The molecular weight excluding hydrogens is 322 g/mol. The summed E-state index contributed by atoms with van der Waals surface area (Å²) in [7, 11) is 0. The van der Waals surface area contributed by atoms with E-state index in [-0.39, 0.29) is 12.1 Å². The lowest BCUT2D eigenvalue weighted by molar-refractivity contribution is 0.0942. The molecule has 4 rings (SSSR count). The monoisotopic (exact) mass is 349 g/mol. The first-order valence-electron chi connectivity index (χ1n) is 9.70. The van der Waals surface area contributed by atoms with Gasteiger partial charge in [-0.2, -0.15) is 0 Å². The minimum atomic E-state index is 0.0667. The summed E-state index contributed by atoms with van der Waals surface area (Å²) in [5.74, 6) is 0. The van der Waals surface area contributed by atoms with Gasteiger partial charge in [-0.1, -0.05) is 55.5 Å². The van der Waals surface area contributed by atoms with E-state index >= 15 is 0 Å². The van der Waals surface area contributed by atoms with Crippen molar-refractivity contribution in [3.63, 3.8) is 0 Å². The number of likely N-dealkylation sites (tertiary alicyclic amines) is 1. The molecule has 1 atom stereocenters. The average Bonchev–Trinajstić information content (AvgIpc) is 2.68. The highest BCUT2D eigenvalue weighted by Gasteiger charge is 2.37. The van der Waals surface area contributed by atoms with Crippen LogP contribution in [-0.2, 0) is 6.54 Å². The summed E-state index contributed by atoms with van der Waals surface area (Å²) < 4.78 is 0. The molecule has 0 radical (unpaired) electrons. The number of piperidine rings is 1. The van der Waals surface area contributed by atoms with Gasteiger partial charge >= 0.3 is 6.03 Å². The summed E-state index contributed by atoms with van der Waals surface area (Å²) in [5.41, 5.74) is 3.59. The van der Waals surface area contributed by atoms with Crippen molar-refractivity contribution in [2.75, 3.05) is 18.4 Å². The van der Waals surface area contributed by atoms with Crippen molar-refractivity contribution < 1.29 is 4.79 Å². The van der Waals surface area contributed by atoms with E-state index in [0.717, 1.165) is 44.6 Å². The Labute approximate surface area is 155 Å². The third-order valence-corrected chi connectivity index (χ3v) is 5.72. The number of para-hydroxylation sites is 1. The second-order valence-corrected chi connectivity index (χ2v) is 7.34. The molecule has 26 heavy (non-hydrogen) atoms. The number of carbonyl (C=O) groups is 1. The molecule has 0 bridgehead atoms. The molecule has 2 heterocycles. The molecule has 0 aromatic heterocycles. The fraction of sp³-hybridized carbons (Fsp3) is 0.409. The Morgan fingerprint density at radius 1 is 1.00 bits per heavy atom. The van der Waals surface area contributed by atoms with Gasteiger partial charge in [0.1, 0.15) is 0 Å². The summed E-state index contributed by atoms with van der Waals surface area (Å²) >= 11 is 0. The van der Waals surface area contributed by atoms with Crippen LogP contribution in [0.4, 0.5) is 10.5 Å². The fourth-order valence-electron chi connectivity index (χ4n) is 4.41. The van der Waals surface area contributed by atoms with E-state index in [1.807, 2.05) is 12.1 Å². The van der Waals surface area contributed by atoms with Crippen molar-refractivity contribution >= 4 is 11.7 Å². The molecule has 2 aliphatic heterocycles. The van der Waals surface area contributed by atoms with Crippen molar-refractivity contribution in [1.29, 1.82) is 0 Å². The van der Waals surface area contributed by atoms with Crippen molar-refractivity contribution in [1.82, 2.24) is 9.80 Å². The van der Waals surface area contributed by atoms with Crippen molar-refractivity contribution in [2.24, 2.45) is 0 Å². The molecule has 2 aliphatic rings. The van der Waals surface area contributed by atoms with E-state index in [1.165, 1.54) is 11.1 Å². The Balaban J connectivity index is 1.44. The van der Waals surface area contributed by atoms with Gasteiger partial charge in [-0.15, -0.1) is 0 Å². The van der Waals surface area contributed by atoms with Crippen LogP contribution in [0, 0.1) is 0 Å². The quantitative estimate of drug-likeness (QED) is 0.872. The minimum absolute atomic E-state index is 0.0667. The molecule has 2 aromatic carbocycles. The molecular formula is C22H27N3O. The Morgan fingerprint density at radius 3 is 2.42 bits per heavy atom. The number of hydrogen-bond donors (Lipinski definition) is 1. The van der Waals surface area contributed by atoms with E-state index in [0.29, 0.717) is 6.04 Å². The fourth-order valence-corrected chi connectivity index (χ4v) is 4.41. The average molecular weight is 349 g/mol. The zero-order valence-electron chi connectivity index (χ0n) is 15.4. The van der Waals surface area contributed by atoms with Crippen molar-refractivity contribution in [3.8, 4) is 0 Å². The predicted molar refractivity (Wildman–Crippen MR) is 105 cm³/mol. The predicted octanol–water partition coefficient (Wildman–Crippen LogP) is 4.65. The summed E-state index contributed by atoms with van der Waals surface area (Å²) in [6.07, 6.45) is 3.03. The van der Waals surface area contributed by atoms with Gasteiger partial charge in [-0.05, 0) is 36.5 Å². The second-order valence-electron chi connectivity index (χ2n) is 7.34. The number of hydrogen-bond acceptors (Lipinski definition) is 2. The highest BCUT2D eigenvalue weighted by molar-refractivity contribution is 5.93. The highest BCUT2D eigenvalue weighted by atomic mass is 16.2. The lowest BCUT2D eigenvalue weighted by Crippen LogP contribution is -2.52. The normalized spacial score (nSPS) is 21.3. The van der Waals surface area contributed by atoms with Crippen molar-refractivity contribution in [3.05, 3.63) is 65.7 Å². The lowest BCUT2D eigenvalue weighted by atomic mass is 9.93. The molecule has 0 aliphatic carbocycles. The summed E-state index contributed by atoms with van der Waals surface area (Å²) in [6, 6.07) is 19.4. The highest BCUT2D eigenvalue weighted by Crippen LogP contribution is 2.38. The number of nitrogens with one attached hydrogen (secondary N) is 1. The van der Waals surface area contributed by atoms with Gasteiger partial charge in [0.15, 0.2) is 0 Å². The maximum absolute atomic E-state index is 12.8. The van der Waals surface area contributed by atoms with Gasteiger partial charge in [0.25, 0.3) is 0 Å². The van der Waals surface area contributed by atoms with E-state index in [1.54, 1.807) is 0 Å². The van der Waals surface area contributed by atoms with Crippen LogP contribution in [0.3, 0.4) is 0 Å². The van der Waals surface area contributed by atoms with Crippen molar-refractivity contribution in [2.45, 2.75) is 44.8 Å². The number of carbonyl (C=O) groups excluding carboxylic acids is 1. The molecule has 1 unspecified atom stereocenters. The van der Waals surface area contributed by atoms with Crippen LogP contribution in [0.2, 0.25) is 0 Å². The van der Waals surface area contributed by atoms with Gasteiger partial charge < -0.3 is 10.2 Å². The summed E-state index contributed by atoms with van der Waals surface area (Å²) in [5, 5.41) is 3.10. The number of anilines is 1. The van der Waals surface area contributed by atoms with Gasteiger partial charge in [0.2, 0.25) is 0 Å². The first kappa shape index (κ1) is 17.1. The minimum Gasteiger partial charge on any atom is -0.314 e. The summed E-state index contributed by atoms with van der Waals surface area (Å²) in [6.45, 7) is 5.26. The standard InChI is InChI=1S/C22H27N3O/c1-2-21-19-10-6-7-11-20(19)23-22(26)25(21)18-12-14-24(15-13-18)16-17-8-4-3-5-9-17/h3-11,18,21H,2,12-16H2,1H3,(H,23,26). The zero-order valence-corrected chi connectivity index (χ0v) is 15.4. The number of urea groups is 1. The molecule has 4 nitrogen and oxygen atoms in total. The maximum atomic E-state index is 12.8. The lowest BCUT2D eigenvalue weighted by Gasteiger charge is -2.45. The van der Waals surface area contributed by atoms with Crippen LogP contribution >= 0.6 is 0 Å².